The van der Waals surface area contributed by atoms with Crippen LogP contribution in [0.1, 0.15) is 57.2 Å². The average Bonchev–Trinajstić information content (AvgIpc) is 3.00. The molecule has 2 aromatic rings. The van der Waals surface area contributed by atoms with Crippen molar-refractivity contribution >= 4 is 11.8 Å². The average molecular weight is 410 g/mol. The third kappa shape index (κ3) is 5.29. The molecule has 3 rings (SSSR count). The zero-order chi connectivity index (χ0) is 21.5. The number of amides is 2. The van der Waals surface area contributed by atoms with Gasteiger partial charge >= 0.3 is 6.03 Å². The zero-order valence-electron chi connectivity index (χ0n) is 18.8. The molecule has 0 atom stereocenters. The number of rotatable bonds is 6. The van der Waals surface area contributed by atoms with Gasteiger partial charge in [0.25, 0.3) is 0 Å². The van der Waals surface area contributed by atoms with Crippen LogP contribution in [0.3, 0.4) is 0 Å². The van der Waals surface area contributed by atoms with E-state index < -0.39 is 0 Å². The Balaban J connectivity index is 1.83. The summed E-state index contributed by atoms with van der Waals surface area (Å²) in [6.45, 7) is 12.5. The van der Waals surface area contributed by atoms with Gasteiger partial charge in [0.15, 0.2) is 5.82 Å². The quantitative estimate of drug-likeness (QED) is 0.709. The molecule has 30 heavy (non-hydrogen) atoms. The summed E-state index contributed by atoms with van der Waals surface area (Å²) >= 11 is 0. The van der Waals surface area contributed by atoms with Crippen LogP contribution in [0.25, 0.3) is 11.4 Å². The Morgan fingerprint density at radius 2 is 1.87 bits per heavy atom. The van der Waals surface area contributed by atoms with Gasteiger partial charge in [-0.2, -0.15) is 0 Å². The molecule has 1 fully saturated rings. The van der Waals surface area contributed by atoms with Gasteiger partial charge in [-0.15, -0.1) is 0 Å². The second kappa shape index (κ2) is 10.4. The minimum Gasteiger partial charge on any atom is -0.354 e. The summed E-state index contributed by atoms with van der Waals surface area (Å²) in [7, 11) is 0. The Hall–Kier alpha value is -2.63. The van der Waals surface area contributed by atoms with E-state index in [-0.39, 0.29) is 6.03 Å². The van der Waals surface area contributed by atoms with E-state index in [0.29, 0.717) is 12.5 Å². The molecule has 6 nitrogen and oxygen atoms in total. The van der Waals surface area contributed by atoms with Crippen molar-refractivity contribution in [2.45, 2.75) is 52.9 Å². The fourth-order valence-electron chi connectivity index (χ4n) is 4.02. The maximum Gasteiger partial charge on any atom is 0.317 e. The number of hydrogen-bond acceptors (Lipinski definition) is 4. The number of benzene rings is 1. The zero-order valence-corrected chi connectivity index (χ0v) is 18.8. The molecule has 0 spiro atoms. The van der Waals surface area contributed by atoms with Crippen LogP contribution in [0.15, 0.2) is 30.3 Å². The van der Waals surface area contributed by atoms with Gasteiger partial charge in [0.2, 0.25) is 0 Å². The van der Waals surface area contributed by atoms with Crippen molar-refractivity contribution in [3.8, 4) is 11.4 Å². The van der Waals surface area contributed by atoms with Crippen LogP contribution in [-0.2, 0) is 0 Å². The fraction of sp³-hybridized carbons (Fsp3) is 0.542. The number of aromatic nitrogens is 2. The lowest BCUT2D eigenvalue weighted by Gasteiger charge is -2.27. The standard InChI is InChI=1S/C24H35N5O/c1-5-6-13-25-24(30)29-15-10-14-28(16-17-29)23-21(18(2)3)19(4)26-22(27-23)20-11-8-7-9-12-20/h7-9,11-12,18H,5-6,10,13-17H2,1-4H3,(H,25,30). The number of nitrogens with one attached hydrogen (secondary N) is 1. The van der Waals surface area contributed by atoms with Gasteiger partial charge in [0.05, 0.1) is 0 Å². The highest BCUT2D eigenvalue weighted by atomic mass is 16.2. The monoisotopic (exact) mass is 409 g/mol. The van der Waals surface area contributed by atoms with Crippen LogP contribution in [-0.4, -0.2) is 53.6 Å². The Labute approximate surface area is 180 Å². The van der Waals surface area contributed by atoms with Crippen LogP contribution in [0, 0.1) is 6.92 Å². The number of carbonyl (C=O) groups excluding carboxylic acids is 1. The summed E-state index contributed by atoms with van der Waals surface area (Å²) < 4.78 is 0. The first-order valence-corrected chi connectivity index (χ1v) is 11.2. The van der Waals surface area contributed by atoms with Crippen molar-refractivity contribution in [2.24, 2.45) is 0 Å². The van der Waals surface area contributed by atoms with Crippen molar-refractivity contribution in [1.82, 2.24) is 20.2 Å². The van der Waals surface area contributed by atoms with Gasteiger partial charge in [-0.3, -0.25) is 0 Å². The Kier molecular flexibility index (Phi) is 7.66. The summed E-state index contributed by atoms with van der Waals surface area (Å²) in [5, 5.41) is 3.05. The first kappa shape index (κ1) is 22.1. The van der Waals surface area contributed by atoms with Crippen LogP contribution in [0.4, 0.5) is 10.6 Å². The van der Waals surface area contributed by atoms with Gasteiger partial charge in [0, 0.05) is 49.5 Å². The summed E-state index contributed by atoms with van der Waals surface area (Å²) in [5.41, 5.74) is 3.27. The molecule has 1 aliphatic heterocycles. The maximum atomic E-state index is 12.5. The van der Waals surface area contributed by atoms with Gasteiger partial charge in [0.1, 0.15) is 5.82 Å². The largest absolute Gasteiger partial charge is 0.354 e. The number of carbonyl (C=O) groups is 1. The molecular weight excluding hydrogens is 374 g/mol. The number of nitrogens with zero attached hydrogens (tertiary/aromatic N) is 4. The molecule has 2 amide bonds. The third-order valence-corrected chi connectivity index (χ3v) is 5.61. The number of urea groups is 1. The molecule has 0 bridgehead atoms. The van der Waals surface area contributed by atoms with Crippen molar-refractivity contribution in [3.63, 3.8) is 0 Å². The van der Waals surface area contributed by atoms with Gasteiger partial charge in [-0.05, 0) is 25.7 Å². The molecule has 0 aliphatic carbocycles. The summed E-state index contributed by atoms with van der Waals surface area (Å²) in [6.07, 6.45) is 3.04. The predicted molar refractivity (Wildman–Crippen MR) is 123 cm³/mol. The molecule has 162 valence electrons. The van der Waals surface area contributed by atoms with Gasteiger partial charge in [-0.25, -0.2) is 14.8 Å². The van der Waals surface area contributed by atoms with E-state index in [2.05, 4.69) is 50.0 Å². The third-order valence-electron chi connectivity index (χ3n) is 5.61. The van der Waals surface area contributed by atoms with Gasteiger partial charge in [-0.1, -0.05) is 57.5 Å². The fourth-order valence-corrected chi connectivity index (χ4v) is 4.02. The van der Waals surface area contributed by atoms with E-state index in [9.17, 15) is 4.79 Å². The van der Waals surface area contributed by atoms with E-state index in [1.54, 1.807) is 0 Å². The normalized spacial score (nSPS) is 14.7. The topological polar surface area (TPSA) is 61.4 Å². The summed E-state index contributed by atoms with van der Waals surface area (Å²) in [4.78, 5) is 26.6. The molecule has 1 aliphatic rings. The number of aryl methyl sites for hydroxylation is 1. The molecule has 1 saturated heterocycles. The highest BCUT2D eigenvalue weighted by Crippen LogP contribution is 2.31. The molecule has 1 N–H and O–H groups in total. The lowest BCUT2D eigenvalue weighted by molar-refractivity contribution is 0.201. The van der Waals surface area contributed by atoms with Crippen LogP contribution in [0.5, 0.6) is 0 Å². The Morgan fingerprint density at radius 1 is 1.10 bits per heavy atom. The SMILES string of the molecule is CCCCNC(=O)N1CCCN(c2nc(-c3ccccc3)nc(C)c2C(C)C)CC1. The Morgan fingerprint density at radius 3 is 2.57 bits per heavy atom. The molecule has 2 heterocycles. The minimum absolute atomic E-state index is 0.0539. The van der Waals surface area contributed by atoms with E-state index >= 15 is 0 Å². The maximum absolute atomic E-state index is 12.5. The molecule has 0 radical (unpaired) electrons. The molecular formula is C24H35N5O. The first-order chi connectivity index (χ1) is 14.5. The van der Waals surface area contributed by atoms with Crippen molar-refractivity contribution in [3.05, 3.63) is 41.6 Å². The second-order valence-electron chi connectivity index (χ2n) is 8.30. The van der Waals surface area contributed by atoms with Gasteiger partial charge < -0.3 is 15.1 Å². The van der Waals surface area contributed by atoms with E-state index in [1.165, 1.54) is 5.56 Å². The Bertz CT molecular complexity index is 837. The van der Waals surface area contributed by atoms with Crippen molar-refractivity contribution in [2.75, 3.05) is 37.6 Å². The van der Waals surface area contributed by atoms with E-state index in [4.69, 9.17) is 9.97 Å². The van der Waals surface area contributed by atoms with E-state index in [0.717, 1.165) is 68.3 Å². The minimum atomic E-state index is 0.0539. The molecule has 1 aromatic heterocycles. The molecule has 0 saturated carbocycles. The lowest BCUT2D eigenvalue weighted by Crippen LogP contribution is -2.42. The lowest BCUT2D eigenvalue weighted by atomic mass is 10.0. The second-order valence-corrected chi connectivity index (χ2v) is 8.30. The number of unbranched alkanes of at least 4 members (excludes halogenated alkanes) is 1. The highest BCUT2D eigenvalue weighted by Gasteiger charge is 2.24. The van der Waals surface area contributed by atoms with Crippen molar-refractivity contribution in [1.29, 1.82) is 0 Å². The first-order valence-electron chi connectivity index (χ1n) is 11.2. The van der Waals surface area contributed by atoms with Crippen LogP contribution >= 0.6 is 0 Å². The molecule has 1 aromatic carbocycles. The smallest absolute Gasteiger partial charge is 0.317 e. The van der Waals surface area contributed by atoms with Crippen LogP contribution < -0.4 is 10.2 Å². The van der Waals surface area contributed by atoms with Crippen molar-refractivity contribution < 1.29 is 4.79 Å². The predicted octanol–water partition coefficient (Wildman–Crippen LogP) is 4.60. The number of anilines is 1. The van der Waals surface area contributed by atoms with E-state index in [1.807, 2.05) is 23.1 Å². The number of hydrogen-bond donors (Lipinski definition) is 1. The molecule has 0 unspecified atom stereocenters. The summed E-state index contributed by atoms with van der Waals surface area (Å²) in [5.74, 6) is 2.12. The molecule has 6 heteroatoms. The summed E-state index contributed by atoms with van der Waals surface area (Å²) in [6, 6.07) is 10.2. The van der Waals surface area contributed by atoms with Crippen LogP contribution in [0.2, 0.25) is 0 Å². The highest BCUT2D eigenvalue weighted by molar-refractivity contribution is 5.74.